The Hall–Kier alpha value is 0.0700. The van der Waals surface area contributed by atoms with E-state index in [1.54, 1.807) is 11.8 Å². The van der Waals surface area contributed by atoms with Crippen LogP contribution in [-0.4, -0.2) is 25.4 Å². The standard InChI is InChI=1S/C12H15OS3/c1-14-9-4-5-10-11(8-9)13-7-6-12(10,15-2)16-3/h5,8H,6-7H2,1-3H3. The molecule has 2 rings (SSSR count). The second-order valence-corrected chi connectivity index (χ2v) is 6.86. The molecule has 0 aliphatic carbocycles. The molecule has 87 valence electrons. The van der Waals surface area contributed by atoms with Crippen LogP contribution in [0.5, 0.6) is 5.75 Å². The maximum absolute atomic E-state index is 5.76. The molecule has 0 bridgehead atoms. The molecule has 0 N–H and O–H groups in total. The van der Waals surface area contributed by atoms with E-state index in [1.165, 1.54) is 5.56 Å². The molecule has 1 heterocycles. The summed E-state index contributed by atoms with van der Waals surface area (Å²) < 4.78 is 5.92. The van der Waals surface area contributed by atoms with E-state index in [0.717, 1.165) is 23.7 Å². The van der Waals surface area contributed by atoms with Gasteiger partial charge in [0.2, 0.25) is 0 Å². The fourth-order valence-electron chi connectivity index (χ4n) is 1.93. The van der Waals surface area contributed by atoms with Crippen LogP contribution in [0.1, 0.15) is 12.0 Å². The van der Waals surface area contributed by atoms with Gasteiger partial charge in [-0.3, -0.25) is 0 Å². The summed E-state index contributed by atoms with van der Waals surface area (Å²) >= 11 is 5.52. The van der Waals surface area contributed by atoms with Gasteiger partial charge >= 0.3 is 0 Å². The van der Waals surface area contributed by atoms with Crippen LogP contribution >= 0.6 is 35.3 Å². The van der Waals surface area contributed by atoms with Crippen molar-refractivity contribution in [2.75, 3.05) is 25.4 Å². The third-order valence-corrected chi connectivity index (χ3v) is 6.71. The number of rotatable bonds is 3. The number of ether oxygens (including phenoxy) is 1. The predicted molar refractivity (Wildman–Crippen MR) is 75.9 cm³/mol. The Bertz CT molecular complexity index is 375. The van der Waals surface area contributed by atoms with Crippen molar-refractivity contribution in [3.8, 4) is 5.75 Å². The van der Waals surface area contributed by atoms with Gasteiger partial charge in [0.1, 0.15) is 5.75 Å². The van der Waals surface area contributed by atoms with E-state index in [1.807, 2.05) is 23.5 Å². The first-order valence-corrected chi connectivity index (χ1v) is 8.76. The van der Waals surface area contributed by atoms with Gasteiger partial charge in [-0.25, -0.2) is 0 Å². The molecule has 0 spiro atoms. The summed E-state index contributed by atoms with van der Waals surface area (Å²) in [5.74, 6) is 1.04. The van der Waals surface area contributed by atoms with Crippen molar-refractivity contribution in [2.24, 2.45) is 0 Å². The second-order valence-electron chi connectivity index (χ2n) is 3.54. The Labute approximate surface area is 110 Å². The van der Waals surface area contributed by atoms with Crippen molar-refractivity contribution in [2.45, 2.75) is 15.4 Å². The number of benzene rings is 1. The van der Waals surface area contributed by atoms with Crippen LogP contribution < -0.4 is 4.74 Å². The maximum Gasteiger partial charge on any atom is 0.125 e. The lowest BCUT2D eigenvalue weighted by Gasteiger charge is -2.36. The first-order valence-electron chi connectivity index (χ1n) is 5.09. The molecular formula is C12H15OS3. The van der Waals surface area contributed by atoms with E-state index in [4.69, 9.17) is 4.74 Å². The van der Waals surface area contributed by atoms with Gasteiger partial charge in [-0.15, -0.1) is 35.3 Å². The lowest BCUT2D eigenvalue weighted by molar-refractivity contribution is 0.279. The molecule has 0 saturated carbocycles. The van der Waals surface area contributed by atoms with Gasteiger partial charge in [0.05, 0.1) is 10.7 Å². The maximum atomic E-state index is 5.76. The highest BCUT2D eigenvalue weighted by molar-refractivity contribution is 8.16. The molecule has 1 aliphatic heterocycles. The molecule has 4 heteroatoms. The van der Waals surface area contributed by atoms with Crippen molar-refractivity contribution in [1.82, 2.24) is 0 Å². The van der Waals surface area contributed by atoms with Gasteiger partial charge < -0.3 is 4.74 Å². The number of hydrogen-bond donors (Lipinski definition) is 0. The molecule has 16 heavy (non-hydrogen) atoms. The normalized spacial score (nSPS) is 17.7. The van der Waals surface area contributed by atoms with Crippen molar-refractivity contribution in [1.29, 1.82) is 0 Å². The zero-order chi connectivity index (χ0) is 11.6. The molecule has 1 aliphatic rings. The molecule has 0 fully saturated rings. The monoisotopic (exact) mass is 271 g/mol. The smallest absolute Gasteiger partial charge is 0.125 e. The van der Waals surface area contributed by atoms with Crippen molar-refractivity contribution >= 4 is 35.3 Å². The van der Waals surface area contributed by atoms with Crippen molar-refractivity contribution < 1.29 is 4.74 Å². The van der Waals surface area contributed by atoms with Crippen LogP contribution in [0.15, 0.2) is 17.0 Å². The molecule has 1 radical (unpaired) electrons. The molecular weight excluding hydrogens is 256 g/mol. The summed E-state index contributed by atoms with van der Waals surface area (Å²) in [6.07, 6.45) is 7.48. The third kappa shape index (κ3) is 2.07. The Kier molecular flexibility index (Phi) is 4.03. The third-order valence-electron chi connectivity index (χ3n) is 2.86. The molecule has 0 unspecified atom stereocenters. The average Bonchev–Trinajstić information content (AvgIpc) is 2.37. The van der Waals surface area contributed by atoms with Crippen molar-refractivity contribution in [3.63, 3.8) is 0 Å². The molecule has 0 amide bonds. The van der Waals surface area contributed by atoms with Crippen LogP contribution in [0.2, 0.25) is 0 Å². The summed E-state index contributed by atoms with van der Waals surface area (Å²) in [4.78, 5) is 1.15. The first kappa shape index (κ1) is 12.5. The highest BCUT2D eigenvalue weighted by Crippen LogP contribution is 2.52. The summed E-state index contributed by atoms with van der Waals surface area (Å²) in [5, 5.41) is 0. The van der Waals surface area contributed by atoms with Gasteiger partial charge in [-0.05, 0) is 37.0 Å². The van der Waals surface area contributed by atoms with E-state index in [2.05, 4.69) is 37.0 Å². The fourth-order valence-corrected chi connectivity index (χ4v) is 4.33. The van der Waals surface area contributed by atoms with E-state index in [9.17, 15) is 0 Å². The average molecular weight is 271 g/mol. The Morgan fingerprint density at radius 1 is 1.31 bits per heavy atom. The lowest BCUT2D eigenvalue weighted by Crippen LogP contribution is -2.26. The Morgan fingerprint density at radius 2 is 2.06 bits per heavy atom. The summed E-state index contributed by atoms with van der Waals surface area (Å²) in [6.45, 7) is 0.812. The Balaban J connectivity index is 2.46. The summed E-state index contributed by atoms with van der Waals surface area (Å²) in [7, 11) is 0. The van der Waals surface area contributed by atoms with Gasteiger partial charge in [0.15, 0.2) is 0 Å². The first-order chi connectivity index (χ1) is 7.75. The largest absolute Gasteiger partial charge is 0.493 e. The number of thioether (sulfide) groups is 3. The second kappa shape index (κ2) is 5.15. The van der Waals surface area contributed by atoms with Crippen LogP contribution in [0, 0.1) is 6.07 Å². The molecule has 1 aromatic carbocycles. The van der Waals surface area contributed by atoms with E-state index in [-0.39, 0.29) is 4.08 Å². The van der Waals surface area contributed by atoms with Gasteiger partial charge in [0, 0.05) is 16.9 Å². The van der Waals surface area contributed by atoms with Crippen LogP contribution in [-0.2, 0) is 4.08 Å². The summed E-state index contributed by atoms with van der Waals surface area (Å²) in [6, 6.07) is 7.54. The molecule has 0 aromatic heterocycles. The summed E-state index contributed by atoms with van der Waals surface area (Å²) in [5.41, 5.74) is 1.29. The SMILES string of the molecule is CSc1[c]cc2c(c1)OCCC2(SC)SC. The van der Waals surface area contributed by atoms with Gasteiger partial charge in [0.25, 0.3) is 0 Å². The van der Waals surface area contributed by atoms with E-state index in [0.29, 0.717) is 0 Å². The topological polar surface area (TPSA) is 9.23 Å². The molecule has 0 saturated heterocycles. The van der Waals surface area contributed by atoms with Crippen LogP contribution in [0.4, 0.5) is 0 Å². The number of hydrogen-bond acceptors (Lipinski definition) is 4. The highest BCUT2D eigenvalue weighted by Gasteiger charge is 2.36. The predicted octanol–water partition coefficient (Wildman–Crippen LogP) is 3.87. The van der Waals surface area contributed by atoms with Crippen molar-refractivity contribution in [3.05, 3.63) is 23.8 Å². The lowest BCUT2D eigenvalue weighted by atomic mass is 10.1. The van der Waals surface area contributed by atoms with Gasteiger partial charge in [-0.2, -0.15) is 0 Å². The zero-order valence-electron chi connectivity index (χ0n) is 9.70. The van der Waals surface area contributed by atoms with Crippen LogP contribution in [0.3, 0.4) is 0 Å². The van der Waals surface area contributed by atoms with E-state index >= 15 is 0 Å². The number of fused-ring (bicyclic) bond motifs is 1. The zero-order valence-corrected chi connectivity index (χ0v) is 12.2. The van der Waals surface area contributed by atoms with Gasteiger partial charge in [-0.1, -0.05) is 0 Å². The van der Waals surface area contributed by atoms with Crippen LogP contribution in [0.25, 0.3) is 0 Å². The fraction of sp³-hybridized carbons (Fsp3) is 0.500. The van der Waals surface area contributed by atoms with E-state index < -0.39 is 0 Å². The Morgan fingerprint density at radius 3 is 2.69 bits per heavy atom. The molecule has 0 atom stereocenters. The minimum Gasteiger partial charge on any atom is -0.493 e. The minimum atomic E-state index is 0.154. The quantitative estimate of drug-likeness (QED) is 0.609. The highest BCUT2D eigenvalue weighted by atomic mass is 32.2. The molecule has 1 aromatic rings. The minimum absolute atomic E-state index is 0.154. The molecule has 1 nitrogen and oxygen atoms in total.